The highest BCUT2D eigenvalue weighted by atomic mass is 31.2. The monoisotopic (exact) mass is 499 g/mol. The topological polar surface area (TPSA) is 12.4 Å². The fourth-order valence-corrected chi connectivity index (χ4v) is 15.4. The molecule has 0 N–H and O–H groups in total. The molecular formula is C26H24BF4NP2. The van der Waals surface area contributed by atoms with E-state index >= 15 is 0 Å². The van der Waals surface area contributed by atoms with E-state index in [9.17, 15) is 17.3 Å². The lowest BCUT2D eigenvalue weighted by Gasteiger charge is -2.21. The van der Waals surface area contributed by atoms with Crippen molar-refractivity contribution in [3.05, 3.63) is 121 Å². The Morgan fingerprint density at radius 2 is 0.882 bits per heavy atom. The van der Waals surface area contributed by atoms with Gasteiger partial charge in [-0.3, -0.25) is 0 Å². The molecule has 0 bridgehead atoms. The maximum Gasteiger partial charge on any atom is 0.673 e. The summed E-state index contributed by atoms with van der Waals surface area (Å²) in [5.74, 6) is 0. The van der Waals surface area contributed by atoms with Crippen LogP contribution in [0.3, 0.4) is 0 Å². The van der Waals surface area contributed by atoms with Crippen LogP contribution in [0.25, 0.3) is 0 Å². The summed E-state index contributed by atoms with van der Waals surface area (Å²) >= 11 is 0. The number of benzene rings is 4. The summed E-state index contributed by atoms with van der Waals surface area (Å²) in [6.07, 6.45) is 2.27. The molecule has 0 unspecified atom stereocenters. The molecule has 4 aromatic rings. The summed E-state index contributed by atoms with van der Waals surface area (Å²) in [7, 11) is -9.66. The van der Waals surface area contributed by atoms with Gasteiger partial charge in [0.25, 0.3) is 0 Å². The maximum atomic E-state index is 9.75. The average Bonchev–Trinajstić information content (AvgIpc) is 3.29. The van der Waals surface area contributed by atoms with Crippen LogP contribution in [0.1, 0.15) is 0 Å². The molecule has 0 fully saturated rings. The summed E-state index contributed by atoms with van der Waals surface area (Å²) in [5, 5.41) is 5.61. The third kappa shape index (κ3) is 5.35. The molecule has 0 spiro atoms. The van der Waals surface area contributed by atoms with E-state index in [-0.39, 0.29) is 0 Å². The molecule has 1 aliphatic rings. The Hall–Kier alpha value is -2.68. The molecular weight excluding hydrogens is 475 g/mol. The first-order valence-corrected chi connectivity index (χ1v) is 14.8. The largest absolute Gasteiger partial charge is 0.673 e. The van der Waals surface area contributed by atoms with Gasteiger partial charge in [0.2, 0.25) is 0 Å². The van der Waals surface area contributed by atoms with E-state index in [0.29, 0.717) is 0 Å². The van der Waals surface area contributed by atoms with Gasteiger partial charge >= 0.3 is 7.25 Å². The zero-order chi connectivity index (χ0) is 24.1. The number of nitrogens with zero attached hydrogens (tertiary/aromatic N) is 1. The fourth-order valence-electron chi connectivity index (χ4n) is 4.36. The summed E-state index contributed by atoms with van der Waals surface area (Å²) < 4.78 is 45.0. The van der Waals surface area contributed by atoms with Gasteiger partial charge in [-0.05, 0) is 34.9 Å². The van der Waals surface area contributed by atoms with Crippen molar-refractivity contribution in [1.82, 2.24) is 0 Å². The number of rotatable bonds is 4. The van der Waals surface area contributed by atoms with E-state index < -0.39 is 21.7 Å². The quantitative estimate of drug-likeness (QED) is 0.168. The standard InChI is InChI=1S/C26H24NP2.BF4/c1-5-13-23(14-6-1)28(24-15-7-2-8-16-24)21-22-29(27-28,25-17-9-3-10-18-25)26-19-11-4-12-20-26;2-1(3,4)5/h1-20H,21-22H2;/q+1;-1. The van der Waals surface area contributed by atoms with Crippen molar-refractivity contribution in [2.45, 2.75) is 0 Å². The average molecular weight is 499 g/mol. The minimum absolute atomic E-state index is 1.14. The second kappa shape index (κ2) is 10.3. The van der Waals surface area contributed by atoms with Gasteiger partial charge in [-0.2, -0.15) is 0 Å². The SMILES string of the molecule is F[B-](F)(F)F.c1ccc(P2(c3ccccc3)=N[P+](c3ccccc3)(c3ccccc3)CC2)cc1. The van der Waals surface area contributed by atoms with Crippen LogP contribution in [0.15, 0.2) is 126 Å². The van der Waals surface area contributed by atoms with Crippen LogP contribution in [0.4, 0.5) is 17.3 Å². The Balaban J connectivity index is 0.000000499. The predicted octanol–water partition coefficient (Wildman–Crippen LogP) is 6.74. The highest BCUT2D eigenvalue weighted by Crippen LogP contribution is 2.73. The van der Waals surface area contributed by atoms with Crippen molar-refractivity contribution >= 4 is 42.9 Å². The van der Waals surface area contributed by atoms with E-state index in [4.69, 9.17) is 4.52 Å². The van der Waals surface area contributed by atoms with Gasteiger partial charge in [-0.25, -0.2) is 0 Å². The fraction of sp³-hybridized carbons (Fsp3) is 0.0769. The Kier molecular flexibility index (Phi) is 7.40. The van der Waals surface area contributed by atoms with Crippen LogP contribution in [0.2, 0.25) is 0 Å². The van der Waals surface area contributed by atoms with Crippen molar-refractivity contribution < 1.29 is 17.3 Å². The predicted molar refractivity (Wildman–Crippen MR) is 140 cm³/mol. The van der Waals surface area contributed by atoms with Crippen molar-refractivity contribution in [3.63, 3.8) is 0 Å². The van der Waals surface area contributed by atoms with Crippen LogP contribution in [0.5, 0.6) is 0 Å². The second-order valence-corrected chi connectivity index (χ2v) is 14.7. The Morgan fingerprint density at radius 1 is 0.559 bits per heavy atom. The number of halogens is 4. The first-order chi connectivity index (χ1) is 16.3. The molecule has 0 saturated heterocycles. The van der Waals surface area contributed by atoms with Gasteiger partial charge < -0.3 is 17.3 Å². The minimum atomic E-state index is -6.00. The molecule has 4 aromatic carbocycles. The first kappa shape index (κ1) is 24.4. The lowest BCUT2D eigenvalue weighted by atomic mass is 10.3. The normalized spacial score (nSPS) is 16.1. The molecule has 0 atom stereocenters. The van der Waals surface area contributed by atoms with E-state index in [0.717, 1.165) is 12.3 Å². The van der Waals surface area contributed by atoms with E-state index in [1.807, 2.05) is 0 Å². The smallest absolute Gasteiger partial charge is 0.418 e. The molecule has 0 radical (unpaired) electrons. The first-order valence-electron chi connectivity index (χ1n) is 10.9. The van der Waals surface area contributed by atoms with Crippen molar-refractivity contribution in [3.8, 4) is 0 Å². The van der Waals surface area contributed by atoms with E-state index in [2.05, 4.69) is 121 Å². The molecule has 34 heavy (non-hydrogen) atoms. The minimum Gasteiger partial charge on any atom is -0.418 e. The highest BCUT2D eigenvalue weighted by molar-refractivity contribution is 7.98. The van der Waals surface area contributed by atoms with Crippen LogP contribution >= 0.6 is 14.5 Å². The van der Waals surface area contributed by atoms with Gasteiger partial charge in [-0.1, -0.05) is 97.1 Å². The van der Waals surface area contributed by atoms with Crippen molar-refractivity contribution in [2.24, 2.45) is 4.52 Å². The molecule has 174 valence electrons. The van der Waals surface area contributed by atoms with Crippen molar-refractivity contribution in [2.75, 3.05) is 12.3 Å². The summed E-state index contributed by atoms with van der Waals surface area (Å²) in [5.41, 5.74) is 0. The van der Waals surface area contributed by atoms with Crippen LogP contribution in [-0.4, -0.2) is 19.6 Å². The van der Waals surface area contributed by atoms with Gasteiger partial charge in [0, 0.05) is 6.16 Å². The molecule has 0 saturated carbocycles. The zero-order valence-electron chi connectivity index (χ0n) is 18.4. The Bertz CT molecular complexity index is 1160. The summed E-state index contributed by atoms with van der Waals surface area (Å²) in [6, 6.07) is 44.1. The Labute approximate surface area is 198 Å². The molecule has 0 aliphatic carbocycles. The van der Waals surface area contributed by atoms with Crippen LogP contribution in [-0.2, 0) is 0 Å². The molecule has 1 aliphatic heterocycles. The molecule has 8 heteroatoms. The highest BCUT2D eigenvalue weighted by Gasteiger charge is 2.52. The van der Waals surface area contributed by atoms with Crippen LogP contribution in [0, 0.1) is 0 Å². The van der Waals surface area contributed by atoms with Gasteiger partial charge in [0.15, 0.2) is 7.41 Å². The number of hydrogen-bond donors (Lipinski definition) is 0. The Morgan fingerprint density at radius 3 is 1.24 bits per heavy atom. The number of hydrogen-bond acceptors (Lipinski definition) is 1. The van der Waals surface area contributed by atoms with Gasteiger partial charge in [0.05, 0.1) is 13.2 Å². The third-order valence-corrected chi connectivity index (χ3v) is 14.9. The molecule has 1 heterocycles. The molecule has 0 aromatic heterocycles. The maximum absolute atomic E-state index is 9.75. The van der Waals surface area contributed by atoms with Gasteiger partial charge in [-0.15, -0.1) is 4.52 Å². The summed E-state index contributed by atoms with van der Waals surface area (Å²) in [6.45, 7) is 0. The van der Waals surface area contributed by atoms with E-state index in [1.165, 1.54) is 21.2 Å². The molecule has 1 nitrogen and oxygen atoms in total. The summed E-state index contributed by atoms with van der Waals surface area (Å²) in [4.78, 5) is 0. The zero-order valence-corrected chi connectivity index (χ0v) is 20.2. The third-order valence-electron chi connectivity index (χ3n) is 5.79. The van der Waals surface area contributed by atoms with Gasteiger partial charge in [0.1, 0.15) is 10.6 Å². The molecule has 0 amide bonds. The van der Waals surface area contributed by atoms with Crippen molar-refractivity contribution in [1.29, 1.82) is 0 Å². The van der Waals surface area contributed by atoms with Crippen LogP contribution < -0.4 is 21.2 Å². The lowest BCUT2D eigenvalue weighted by molar-refractivity contribution is 0.368. The molecule has 5 rings (SSSR count). The second-order valence-electron chi connectivity index (χ2n) is 7.91. The lowest BCUT2D eigenvalue weighted by Crippen LogP contribution is -2.21. The van der Waals surface area contributed by atoms with E-state index in [1.54, 1.807) is 0 Å².